The van der Waals surface area contributed by atoms with E-state index in [1.165, 1.54) is 0 Å². The molecule has 20 heavy (non-hydrogen) atoms. The molecule has 0 spiro atoms. The molecule has 3 nitrogen and oxygen atoms in total. The molecule has 0 saturated carbocycles. The zero-order chi connectivity index (χ0) is 12.4. The number of aromatic nitrogens is 1. The Morgan fingerprint density at radius 1 is 1.15 bits per heavy atom. The van der Waals surface area contributed by atoms with Crippen LogP contribution in [0.5, 0.6) is 0 Å². The van der Waals surface area contributed by atoms with E-state index in [0.717, 1.165) is 42.5 Å². The maximum atomic E-state index is 6.08. The highest BCUT2D eigenvalue weighted by molar-refractivity contribution is 6.30. The fourth-order valence-corrected chi connectivity index (χ4v) is 2.64. The molecular formula is C14H18Cl3N3. The van der Waals surface area contributed by atoms with Crippen molar-refractivity contribution in [2.75, 3.05) is 18.4 Å². The number of nitrogens with zero attached hydrogens (tertiary/aromatic N) is 1. The van der Waals surface area contributed by atoms with Gasteiger partial charge in [-0.05, 0) is 37.4 Å². The number of nitrogens with one attached hydrogen (secondary N) is 2. The van der Waals surface area contributed by atoms with Gasteiger partial charge in [0.25, 0.3) is 0 Å². The van der Waals surface area contributed by atoms with Crippen molar-refractivity contribution in [3.05, 3.63) is 35.5 Å². The van der Waals surface area contributed by atoms with Crippen molar-refractivity contribution in [1.29, 1.82) is 0 Å². The monoisotopic (exact) mass is 333 g/mol. The number of hydrogen-bond donors (Lipinski definition) is 2. The van der Waals surface area contributed by atoms with Crippen molar-refractivity contribution >= 4 is 53.0 Å². The maximum Gasteiger partial charge on any atom is 0.135 e. The van der Waals surface area contributed by atoms with Crippen molar-refractivity contribution in [2.45, 2.75) is 18.9 Å². The molecule has 6 heteroatoms. The fraction of sp³-hybridized carbons (Fsp3) is 0.357. The molecule has 2 aromatic rings. The number of hydrogen-bond acceptors (Lipinski definition) is 3. The number of halogens is 3. The Kier molecular flexibility index (Phi) is 6.83. The van der Waals surface area contributed by atoms with Gasteiger partial charge in [0, 0.05) is 11.4 Å². The third-order valence-electron chi connectivity index (χ3n) is 3.39. The van der Waals surface area contributed by atoms with Crippen LogP contribution < -0.4 is 10.6 Å². The highest BCUT2D eigenvalue weighted by atomic mass is 35.5. The third-order valence-corrected chi connectivity index (χ3v) is 3.58. The summed E-state index contributed by atoms with van der Waals surface area (Å²) >= 11 is 6.08. The van der Waals surface area contributed by atoms with Gasteiger partial charge in [-0.15, -0.1) is 24.8 Å². The van der Waals surface area contributed by atoms with Gasteiger partial charge in [-0.1, -0.05) is 35.9 Å². The van der Waals surface area contributed by atoms with E-state index >= 15 is 0 Å². The van der Waals surface area contributed by atoms with Crippen molar-refractivity contribution in [1.82, 2.24) is 10.3 Å². The number of piperidine rings is 1. The first kappa shape index (κ1) is 17.3. The van der Waals surface area contributed by atoms with E-state index in [1.807, 2.05) is 18.2 Å². The SMILES string of the molecule is Cl.Cl.Clc1cc2ccccc2c(NC2CCNCC2)n1. The Morgan fingerprint density at radius 3 is 2.60 bits per heavy atom. The molecule has 0 atom stereocenters. The predicted molar refractivity (Wildman–Crippen MR) is 90.8 cm³/mol. The highest BCUT2D eigenvalue weighted by Gasteiger charge is 2.14. The Labute approximate surface area is 136 Å². The van der Waals surface area contributed by atoms with Gasteiger partial charge in [0.2, 0.25) is 0 Å². The molecule has 3 rings (SSSR count). The van der Waals surface area contributed by atoms with Gasteiger partial charge in [-0.3, -0.25) is 0 Å². The maximum absolute atomic E-state index is 6.08. The fourth-order valence-electron chi connectivity index (χ4n) is 2.44. The lowest BCUT2D eigenvalue weighted by Gasteiger charge is -2.24. The quantitative estimate of drug-likeness (QED) is 0.818. The van der Waals surface area contributed by atoms with Crippen LogP contribution in [-0.2, 0) is 0 Å². The van der Waals surface area contributed by atoms with Crippen LogP contribution in [0.25, 0.3) is 10.8 Å². The summed E-state index contributed by atoms with van der Waals surface area (Å²) in [6, 6.07) is 10.6. The van der Waals surface area contributed by atoms with Crippen LogP contribution in [-0.4, -0.2) is 24.1 Å². The Morgan fingerprint density at radius 2 is 1.85 bits per heavy atom. The summed E-state index contributed by atoms with van der Waals surface area (Å²) in [5.74, 6) is 0.907. The van der Waals surface area contributed by atoms with Crippen LogP contribution in [0.3, 0.4) is 0 Å². The molecule has 0 bridgehead atoms. The van der Waals surface area contributed by atoms with Crippen molar-refractivity contribution in [3.63, 3.8) is 0 Å². The topological polar surface area (TPSA) is 37.0 Å². The zero-order valence-electron chi connectivity index (χ0n) is 10.9. The molecule has 1 aliphatic heterocycles. The molecule has 1 aliphatic rings. The summed E-state index contributed by atoms with van der Waals surface area (Å²) in [6.07, 6.45) is 2.26. The van der Waals surface area contributed by atoms with Crippen molar-refractivity contribution in [2.24, 2.45) is 0 Å². The lowest BCUT2D eigenvalue weighted by molar-refractivity contribution is 0.478. The van der Waals surface area contributed by atoms with Crippen LogP contribution in [0.4, 0.5) is 5.82 Å². The second-order valence-electron chi connectivity index (χ2n) is 4.68. The third kappa shape index (κ3) is 3.89. The molecule has 2 heterocycles. The molecular weight excluding hydrogens is 317 g/mol. The molecule has 1 fully saturated rings. The average molecular weight is 335 g/mol. The number of pyridine rings is 1. The molecule has 0 unspecified atom stereocenters. The van der Waals surface area contributed by atoms with Gasteiger partial charge >= 0.3 is 0 Å². The summed E-state index contributed by atoms with van der Waals surface area (Å²) in [6.45, 7) is 2.13. The van der Waals surface area contributed by atoms with E-state index in [1.54, 1.807) is 0 Å². The molecule has 110 valence electrons. The molecule has 0 amide bonds. The Bertz CT molecular complexity index is 556. The van der Waals surface area contributed by atoms with Gasteiger partial charge in [0.1, 0.15) is 11.0 Å². The van der Waals surface area contributed by atoms with Gasteiger partial charge in [0.15, 0.2) is 0 Å². The van der Waals surface area contributed by atoms with E-state index in [2.05, 4.69) is 27.8 Å². The number of fused-ring (bicyclic) bond motifs is 1. The first-order valence-corrected chi connectivity index (χ1v) is 6.73. The van der Waals surface area contributed by atoms with Gasteiger partial charge < -0.3 is 10.6 Å². The van der Waals surface area contributed by atoms with Crippen LogP contribution in [0.2, 0.25) is 5.15 Å². The molecule has 2 N–H and O–H groups in total. The van der Waals surface area contributed by atoms with Crippen LogP contribution in [0, 0.1) is 0 Å². The molecule has 0 aliphatic carbocycles. The summed E-state index contributed by atoms with van der Waals surface area (Å²) < 4.78 is 0. The minimum atomic E-state index is 0. The summed E-state index contributed by atoms with van der Waals surface area (Å²) in [4.78, 5) is 4.43. The smallest absolute Gasteiger partial charge is 0.135 e. The Hall–Kier alpha value is -0.740. The van der Waals surface area contributed by atoms with E-state index in [-0.39, 0.29) is 24.8 Å². The minimum absolute atomic E-state index is 0. The van der Waals surface area contributed by atoms with Crippen LogP contribution >= 0.6 is 36.4 Å². The number of rotatable bonds is 2. The Balaban J connectivity index is 0.000001000. The predicted octanol–water partition coefficient (Wildman–Crippen LogP) is 3.90. The number of anilines is 1. The second kappa shape index (κ2) is 7.89. The van der Waals surface area contributed by atoms with Gasteiger partial charge in [-0.25, -0.2) is 4.98 Å². The summed E-state index contributed by atoms with van der Waals surface area (Å²) in [7, 11) is 0. The largest absolute Gasteiger partial charge is 0.367 e. The molecule has 1 saturated heterocycles. The summed E-state index contributed by atoms with van der Waals surface area (Å²) in [5, 5.41) is 9.71. The van der Waals surface area contributed by atoms with E-state index in [4.69, 9.17) is 11.6 Å². The first-order valence-electron chi connectivity index (χ1n) is 6.35. The van der Waals surface area contributed by atoms with E-state index < -0.39 is 0 Å². The van der Waals surface area contributed by atoms with Gasteiger partial charge in [-0.2, -0.15) is 0 Å². The van der Waals surface area contributed by atoms with E-state index in [9.17, 15) is 0 Å². The zero-order valence-corrected chi connectivity index (χ0v) is 13.3. The first-order chi connectivity index (χ1) is 8.83. The minimum Gasteiger partial charge on any atom is -0.367 e. The molecule has 0 radical (unpaired) electrons. The van der Waals surface area contributed by atoms with Gasteiger partial charge in [0.05, 0.1) is 0 Å². The summed E-state index contributed by atoms with van der Waals surface area (Å²) in [5.41, 5.74) is 0. The lowest BCUT2D eigenvalue weighted by atomic mass is 10.1. The average Bonchev–Trinajstić information content (AvgIpc) is 2.40. The van der Waals surface area contributed by atoms with Crippen molar-refractivity contribution < 1.29 is 0 Å². The van der Waals surface area contributed by atoms with Crippen LogP contribution in [0.1, 0.15) is 12.8 Å². The standard InChI is InChI=1S/C14H16ClN3.2ClH/c15-13-9-10-3-1-2-4-12(10)14(18-13)17-11-5-7-16-8-6-11;;/h1-4,9,11,16H,5-8H2,(H,17,18);2*1H. The second-order valence-corrected chi connectivity index (χ2v) is 5.07. The normalized spacial score (nSPS) is 15.2. The van der Waals surface area contributed by atoms with Crippen LogP contribution in [0.15, 0.2) is 30.3 Å². The van der Waals surface area contributed by atoms with Crippen molar-refractivity contribution in [3.8, 4) is 0 Å². The number of benzene rings is 1. The molecule has 1 aromatic carbocycles. The molecule has 1 aromatic heterocycles. The lowest BCUT2D eigenvalue weighted by Crippen LogP contribution is -2.35. The highest BCUT2D eigenvalue weighted by Crippen LogP contribution is 2.25. The van der Waals surface area contributed by atoms with E-state index in [0.29, 0.717) is 11.2 Å².